The summed E-state index contributed by atoms with van der Waals surface area (Å²) in [4.78, 5) is 11.3. The quantitative estimate of drug-likeness (QED) is 0.803. The van der Waals surface area contributed by atoms with E-state index in [0.717, 1.165) is 12.0 Å². The van der Waals surface area contributed by atoms with Gasteiger partial charge in [-0.2, -0.15) is 0 Å². The van der Waals surface area contributed by atoms with Gasteiger partial charge in [0.1, 0.15) is 5.78 Å². The van der Waals surface area contributed by atoms with Crippen molar-refractivity contribution >= 4 is 5.78 Å². The van der Waals surface area contributed by atoms with Crippen LogP contribution >= 0.6 is 0 Å². The second-order valence-corrected chi connectivity index (χ2v) is 4.52. The lowest BCUT2D eigenvalue weighted by Gasteiger charge is -2.07. The van der Waals surface area contributed by atoms with E-state index in [1.54, 1.807) is 14.0 Å². The predicted octanol–water partition coefficient (Wildman–Crippen LogP) is 2.12. The molecular weight excluding hydrogens is 220 g/mol. The van der Waals surface area contributed by atoms with Crippen LogP contribution in [-0.4, -0.2) is 19.7 Å². The van der Waals surface area contributed by atoms with Crippen LogP contribution in [-0.2, 0) is 4.79 Å². The number of hydrogen-bond acceptors (Lipinski definition) is 4. The fourth-order valence-corrected chi connectivity index (χ4v) is 2.38. The van der Waals surface area contributed by atoms with Crippen molar-refractivity contribution in [2.45, 2.75) is 19.3 Å². The van der Waals surface area contributed by atoms with E-state index in [4.69, 9.17) is 14.2 Å². The first kappa shape index (κ1) is 10.4. The van der Waals surface area contributed by atoms with Gasteiger partial charge in [-0.3, -0.25) is 4.79 Å². The highest BCUT2D eigenvalue weighted by molar-refractivity contribution is 5.82. The first-order valence-corrected chi connectivity index (χ1v) is 5.68. The van der Waals surface area contributed by atoms with Crippen LogP contribution < -0.4 is 14.2 Å². The van der Waals surface area contributed by atoms with Gasteiger partial charge in [-0.15, -0.1) is 0 Å². The van der Waals surface area contributed by atoms with E-state index in [-0.39, 0.29) is 18.5 Å². The molecule has 1 aromatic rings. The molecule has 0 spiro atoms. The Kier molecular flexibility index (Phi) is 2.24. The van der Waals surface area contributed by atoms with Crippen molar-refractivity contribution in [3.8, 4) is 17.2 Å². The molecular formula is C13H14O4. The molecule has 3 rings (SSSR count). The third-order valence-corrected chi connectivity index (χ3v) is 3.42. The third kappa shape index (κ3) is 1.64. The second kappa shape index (κ2) is 3.65. The molecule has 1 heterocycles. The number of methoxy groups -OCH3 is 1. The lowest BCUT2D eigenvalue weighted by Crippen LogP contribution is -1.95. The van der Waals surface area contributed by atoms with Crippen LogP contribution in [0.5, 0.6) is 17.2 Å². The van der Waals surface area contributed by atoms with Gasteiger partial charge in [0.25, 0.3) is 0 Å². The predicted molar refractivity (Wildman–Crippen MR) is 60.6 cm³/mol. The van der Waals surface area contributed by atoms with Crippen molar-refractivity contribution in [1.29, 1.82) is 0 Å². The Morgan fingerprint density at radius 1 is 1.41 bits per heavy atom. The number of ketones is 1. The molecule has 4 heteroatoms. The molecule has 2 atom stereocenters. The number of benzene rings is 1. The highest BCUT2D eigenvalue weighted by atomic mass is 16.7. The molecule has 17 heavy (non-hydrogen) atoms. The maximum atomic E-state index is 11.3. The number of rotatable bonds is 3. The van der Waals surface area contributed by atoms with Gasteiger partial charge in [0.2, 0.25) is 12.5 Å². The van der Waals surface area contributed by atoms with E-state index < -0.39 is 0 Å². The largest absolute Gasteiger partial charge is 0.493 e. The fourth-order valence-electron chi connectivity index (χ4n) is 2.38. The van der Waals surface area contributed by atoms with Gasteiger partial charge in [-0.05, 0) is 37.0 Å². The van der Waals surface area contributed by atoms with Crippen LogP contribution in [0.25, 0.3) is 0 Å². The van der Waals surface area contributed by atoms with Gasteiger partial charge >= 0.3 is 0 Å². The molecule has 0 aromatic heterocycles. The topological polar surface area (TPSA) is 44.8 Å². The lowest BCUT2D eigenvalue weighted by atomic mass is 10.1. The van der Waals surface area contributed by atoms with Crippen LogP contribution in [0.3, 0.4) is 0 Å². The van der Waals surface area contributed by atoms with Crippen molar-refractivity contribution in [1.82, 2.24) is 0 Å². The zero-order chi connectivity index (χ0) is 12.0. The van der Waals surface area contributed by atoms with Crippen LogP contribution in [0.15, 0.2) is 12.1 Å². The Hall–Kier alpha value is -1.71. The molecule has 1 fully saturated rings. The number of carbonyl (C=O) groups excluding carboxylic acids is 1. The minimum absolute atomic E-state index is 0.167. The van der Waals surface area contributed by atoms with E-state index >= 15 is 0 Å². The Morgan fingerprint density at radius 2 is 2.24 bits per heavy atom. The number of ether oxygens (including phenoxy) is 3. The first-order chi connectivity index (χ1) is 8.20. The summed E-state index contributed by atoms with van der Waals surface area (Å²) in [6.07, 6.45) is 0.929. The summed E-state index contributed by atoms with van der Waals surface area (Å²) in [5, 5.41) is 0. The van der Waals surface area contributed by atoms with Crippen LogP contribution in [0, 0.1) is 5.92 Å². The Balaban J connectivity index is 1.94. The summed E-state index contributed by atoms with van der Waals surface area (Å²) in [5.41, 5.74) is 1.10. The SMILES string of the molecule is COc1cc(C2CC2C(C)=O)cc2c1OCO2. The number of Topliss-reactive ketones (excluding diaryl/α,β-unsaturated/α-hetero) is 1. The summed E-state index contributed by atoms with van der Waals surface area (Å²) in [6.45, 7) is 1.88. The smallest absolute Gasteiger partial charge is 0.231 e. The molecule has 2 aliphatic rings. The summed E-state index contributed by atoms with van der Waals surface area (Å²) >= 11 is 0. The van der Waals surface area contributed by atoms with Crippen molar-refractivity contribution in [2.75, 3.05) is 13.9 Å². The Bertz CT molecular complexity index is 481. The lowest BCUT2D eigenvalue weighted by molar-refractivity contribution is -0.118. The Morgan fingerprint density at radius 3 is 2.88 bits per heavy atom. The van der Waals surface area contributed by atoms with Gasteiger partial charge in [0.15, 0.2) is 11.5 Å². The normalized spacial score (nSPS) is 24.6. The minimum Gasteiger partial charge on any atom is -0.493 e. The average molecular weight is 234 g/mol. The van der Waals surface area contributed by atoms with Gasteiger partial charge in [0, 0.05) is 5.92 Å². The number of hydrogen-bond donors (Lipinski definition) is 0. The molecule has 0 saturated heterocycles. The zero-order valence-corrected chi connectivity index (χ0v) is 9.86. The van der Waals surface area contributed by atoms with Crippen molar-refractivity contribution in [2.24, 2.45) is 5.92 Å². The summed E-state index contributed by atoms with van der Waals surface area (Å²) < 4.78 is 16.0. The summed E-state index contributed by atoms with van der Waals surface area (Å²) in [6, 6.07) is 3.90. The first-order valence-electron chi connectivity index (χ1n) is 5.68. The zero-order valence-electron chi connectivity index (χ0n) is 9.86. The molecule has 4 nitrogen and oxygen atoms in total. The van der Waals surface area contributed by atoms with E-state index in [9.17, 15) is 4.79 Å². The van der Waals surface area contributed by atoms with Gasteiger partial charge in [0.05, 0.1) is 7.11 Å². The van der Waals surface area contributed by atoms with Gasteiger partial charge < -0.3 is 14.2 Å². The van der Waals surface area contributed by atoms with Crippen LogP contribution in [0.4, 0.5) is 0 Å². The molecule has 0 radical (unpaired) electrons. The van der Waals surface area contributed by atoms with Crippen LogP contribution in [0.2, 0.25) is 0 Å². The standard InChI is InChI=1S/C13H14O4/c1-7(14)9-5-10(9)8-3-11(15-2)13-12(4-8)16-6-17-13/h3-4,9-10H,5-6H2,1-2H3. The van der Waals surface area contributed by atoms with E-state index in [2.05, 4.69) is 0 Å². The highest BCUT2D eigenvalue weighted by Gasteiger charge is 2.42. The molecule has 0 N–H and O–H groups in total. The maximum Gasteiger partial charge on any atom is 0.231 e. The van der Waals surface area contributed by atoms with E-state index in [1.165, 1.54) is 0 Å². The third-order valence-electron chi connectivity index (χ3n) is 3.42. The monoisotopic (exact) mass is 234 g/mol. The summed E-state index contributed by atoms with van der Waals surface area (Å²) in [7, 11) is 1.61. The average Bonchev–Trinajstić information content (AvgIpc) is 2.99. The molecule has 1 aliphatic carbocycles. The van der Waals surface area contributed by atoms with E-state index in [0.29, 0.717) is 23.2 Å². The van der Waals surface area contributed by atoms with Crippen molar-refractivity contribution in [3.05, 3.63) is 17.7 Å². The number of carbonyl (C=O) groups is 1. The summed E-state index contributed by atoms with van der Waals surface area (Å²) in [5.74, 6) is 2.80. The van der Waals surface area contributed by atoms with Crippen molar-refractivity contribution in [3.63, 3.8) is 0 Å². The van der Waals surface area contributed by atoms with E-state index in [1.807, 2.05) is 12.1 Å². The fraction of sp³-hybridized carbons (Fsp3) is 0.462. The molecule has 0 bridgehead atoms. The molecule has 1 aliphatic heterocycles. The number of fused-ring (bicyclic) bond motifs is 1. The molecule has 90 valence electrons. The van der Waals surface area contributed by atoms with Crippen molar-refractivity contribution < 1.29 is 19.0 Å². The molecule has 0 amide bonds. The van der Waals surface area contributed by atoms with Gasteiger partial charge in [-0.1, -0.05) is 0 Å². The molecule has 1 saturated carbocycles. The van der Waals surface area contributed by atoms with Gasteiger partial charge in [-0.25, -0.2) is 0 Å². The highest BCUT2D eigenvalue weighted by Crippen LogP contribution is 2.52. The molecule has 2 unspecified atom stereocenters. The minimum atomic E-state index is 0.167. The second-order valence-electron chi connectivity index (χ2n) is 4.52. The Labute approximate surface area is 99.5 Å². The molecule has 1 aromatic carbocycles. The van der Waals surface area contributed by atoms with Crippen LogP contribution in [0.1, 0.15) is 24.8 Å². The maximum absolute atomic E-state index is 11.3.